The van der Waals surface area contributed by atoms with Gasteiger partial charge in [-0.15, -0.1) is 10.2 Å². The highest BCUT2D eigenvalue weighted by Gasteiger charge is 2.28. The third-order valence-electron chi connectivity index (χ3n) is 5.33. The van der Waals surface area contributed by atoms with Crippen molar-refractivity contribution in [1.29, 1.82) is 0 Å². The molecular weight excluding hydrogens is 486 g/mol. The molecule has 12 heteroatoms. The number of aromatic nitrogens is 3. The number of aryl methyl sites for hydroxylation is 1. The Balaban J connectivity index is 1.54. The monoisotopic (exact) mass is 515 g/mol. The fraction of sp³-hybridized carbons (Fsp3) is 0.348. The van der Waals surface area contributed by atoms with Gasteiger partial charge in [0.25, 0.3) is 0 Å². The van der Waals surface area contributed by atoms with E-state index in [4.69, 9.17) is 0 Å². The summed E-state index contributed by atoms with van der Waals surface area (Å²) in [6.07, 6.45) is 2.28. The highest BCUT2D eigenvalue weighted by molar-refractivity contribution is 8.43. The van der Waals surface area contributed by atoms with Crippen LogP contribution in [0.15, 0.2) is 46.9 Å². The number of nitrogens with zero attached hydrogens (tertiary/aromatic N) is 6. The zero-order valence-electron chi connectivity index (χ0n) is 19.8. The fourth-order valence-electron chi connectivity index (χ4n) is 3.71. The smallest absolute Gasteiger partial charge is 0.354 e. The van der Waals surface area contributed by atoms with E-state index in [-0.39, 0.29) is 0 Å². The van der Waals surface area contributed by atoms with E-state index in [1.807, 2.05) is 61.2 Å². The number of thiol groups is 1. The van der Waals surface area contributed by atoms with Crippen LogP contribution < -0.4 is 10.2 Å². The molecule has 2 unspecified atom stereocenters. The van der Waals surface area contributed by atoms with Crippen molar-refractivity contribution in [2.75, 3.05) is 37.4 Å². The lowest BCUT2D eigenvalue weighted by Crippen LogP contribution is -2.34. The van der Waals surface area contributed by atoms with Crippen LogP contribution in [0.4, 0.5) is 21.6 Å². The molecule has 0 saturated heterocycles. The summed E-state index contributed by atoms with van der Waals surface area (Å²) in [6, 6.07) is 9.78. The Labute approximate surface area is 210 Å². The lowest BCUT2D eigenvalue weighted by molar-refractivity contribution is 0.127. The Kier molecular flexibility index (Phi) is 7.96. The summed E-state index contributed by atoms with van der Waals surface area (Å²) >= 11 is 1.54. The zero-order valence-corrected chi connectivity index (χ0v) is 21.5. The molecule has 35 heavy (non-hydrogen) atoms. The standard InChI is InChI=1S/C23H29N7O3S2/c1-15-13-19(27-28-20(15)26-21-25-17-8-4-5-9-18(17)34-21)30(11-6-7-16(31)14-29(2)3)22-24-10-12-35(22)23(32)33/h4-5,8-10,12-13,16,31,35H,6-7,11,14H2,1-3H3,(H,32,33)(H,25,26,28). The highest BCUT2D eigenvalue weighted by atomic mass is 32.2. The summed E-state index contributed by atoms with van der Waals surface area (Å²) in [6.45, 7) is 2.95. The summed E-state index contributed by atoms with van der Waals surface area (Å²) in [5.41, 5.74) is 1.76. The SMILES string of the molecule is Cc1cc(N(CCCC(O)CN(C)C)C2=NC=C[SH]2C(=O)O)nnc1Nc1nc2ccccc2s1. The van der Waals surface area contributed by atoms with Crippen LogP contribution >= 0.6 is 22.2 Å². The van der Waals surface area contributed by atoms with Crippen LogP contribution in [0.2, 0.25) is 0 Å². The minimum Gasteiger partial charge on any atom is -0.474 e. The molecule has 0 spiro atoms. The molecule has 3 N–H and O–H groups in total. The number of carbonyl (C=O) groups is 1. The molecule has 1 aliphatic heterocycles. The van der Waals surface area contributed by atoms with E-state index < -0.39 is 22.3 Å². The van der Waals surface area contributed by atoms with Crippen LogP contribution in [-0.2, 0) is 0 Å². The molecular formula is C23H29N7O3S2. The molecule has 1 aliphatic rings. The minimum absolute atomic E-state index is 0.454. The number of aliphatic hydroxyl groups is 1. The number of fused-ring (bicyclic) bond motifs is 1. The summed E-state index contributed by atoms with van der Waals surface area (Å²) in [5, 5.41) is 33.8. The van der Waals surface area contributed by atoms with Gasteiger partial charge < -0.3 is 25.3 Å². The van der Waals surface area contributed by atoms with Gasteiger partial charge in [0.2, 0.25) is 0 Å². The van der Waals surface area contributed by atoms with Gasteiger partial charge in [0.1, 0.15) is 0 Å². The second kappa shape index (κ2) is 11.1. The Hall–Kier alpha value is -3.06. The number of aliphatic imine (C=N–C) groups is 1. The molecule has 0 bridgehead atoms. The summed E-state index contributed by atoms with van der Waals surface area (Å²) < 4.78 is 1.08. The van der Waals surface area contributed by atoms with Gasteiger partial charge in [-0.1, -0.05) is 34.4 Å². The molecule has 0 aliphatic carbocycles. The molecule has 0 fully saturated rings. The van der Waals surface area contributed by atoms with Crippen LogP contribution in [0.25, 0.3) is 10.2 Å². The summed E-state index contributed by atoms with van der Waals surface area (Å²) in [4.78, 5) is 24.5. The molecule has 0 amide bonds. The number of rotatable bonds is 9. The number of anilines is 3. The van der Waals surface area contributed by atoms with Crippen molar-refractivity contribution < 1.29 is 15.0 Å². The molecule has 0 saturated carbocycles. The highest BCUT2D eigenvalue weighted by Crippen LogP contribution is 2.38. The van der Waals surface area contributed by atoms with E-state index >= 15 is 0 Å². The molecule has 3 aromatic rings. The Morgan fingerprint density at radius 1 is 1.26 bits per heavy atom. The van der Waals surface area contributed by atoms with Crippen LogP contribution in [0.1, 0.15) is 18.4 Å². The molecule has 1 aromatic carbocycles. The van der Waals surface area contributed by atoms with Crippen LogP contribution in [0.5, 0.6) is 0 Å². The zero-order chi connectivity index (χ0) is 24.9. The predicted octanol–water partition coefficient (Wildman–Crippen LogP) is 4.17. The van der Waals surface area contributed by atoms with E-state index in [0.717, 1.165) is 20.9 Å². The molecule has 2 aromatic heterocycles. The number of carboxylic acid groups (broad SMARTS) is 1. The predicted molar refractivity (Wildman–Crippen MR) is 144 cm³/mol. The number of hydrogen-bond acceptors (Lipinski definition) is 10. The van der Waals surface area contributed by atoms with Crippen LogP contribution in [0.3, 0.4) is 0 Å². The number of nitrogens with one attached hydrogen (secondary N) is 1. The Morgan fingerprint density at radius 3 is 2.77 bits per heavy atom. The number of aliphatic hydroxyl groups excluding tert-OH is 1. The van der Waals surface area contributed by atoms with Gasteiger partial charge in [-0.2, -0.15) is 0 Å². The summed E-state index contributed by atoms with van der Waals surface area (Å²) in [7, 11) is 2.23. The van der Waals surface area contributed by atoms with Gasteiger partial charge >= 0.3 is 5.30 Å². The molecule has 2 atom stereocenters. The number of thiazole rings is 1. The van der Waals surface area contributed by atoms with Gasteiger partial charge in [-0.25, -0.2) is 14.8 Å². The maximum atomic E-state index is 11.8. The number of para-hydroxylation sites is 1. The first-order chi connectivity index (χ1) is 16.8. The quantitative estimate of drug-likeness (QED) is 0.311. The van der Waals surface area contributed by atoms with Crippen molar-refractivity contribution in [3.63, 3.8) is 0 Å². The van der Waals surface area contributed by atoms with Crippen molar-refractivity contribution in [2.45, 2.75) is 25.9 Å². The molecule has 4 rings (SSSR count). The third-order valence-corrected chi connectivity index (χ3v) is 7.91. The number of benzene rings is 1. The van der Waals surface area contributed by atoms with Crippen molar-refractivity contribution in [2.24, 2.45) is 4.99 Å². The largest absolute Gasteiger partial charge is 0.474 e. The van der Waals surface area contributed by atoms with Gasteiger partial charge in [-0.3, -0.25) is 0 Å². The first-order valence-electron chi connectivity index (χ1n) is 11.2. The molecule has 3 heterocycles. The van der Waals surface area contributed by atoms with Crippen molar-refractivity contribution in [3.8, 4) is 0 Å². The average molecular weight is 516 g/mol. The van der Waals surface area contributed by atoms with Crippen molar-refractivity contribution >= 4 is 59.7 Å². The van der Waals surface area contributed by atoms with Crippen LogP contribution in [0, 0.1) is 6.92 Å². The molecule has 0 radical (unpaired) electrons. The van der Waals surface area contributed by atoms with Crippen LogP contribution in [-0.4, -0.2) is 74.1 Å². The lowest BCUT2D eigenvalue weighted by Gasteiger charge is -2.27. The van der Waals surface area contributed by atoms with Crippen molar-refractivity contribution in [1.82, 2.24) is 20.1 Å². The second-order valence-corrected chi connectivity index (χ2v) is 11.3. The topological polar surface area (TPSA) is 127 Å². The first kappa shape index (κ1) is 25.0. The van der Waals surface area contributed by atoms with Gasteiger partial charge in [-0.05, 0) is 63.0 Å². The van der Waals surface area contributed by atoms with E-state index in [1.165, 1.54) is 17.5 Å². The second-order valence-electron chi connectivity index (χ2n) is 8.44. The average Bonchev–Trinajstić information content (AvgIpc) is 3.44. The van der Waals surface area contributed by atoms with Gasteiger partial charge in [0, 0.05) is 19.3 Å². The van der Waals surface area contributed by atoms with E-state index in [0.29, 0.717) is 42.7 Å². The lowest BCUT2D eigenvalue weighted by atomic mass is 10.2. The van der Waals surface area contributed by atoms with Gasteiger partial charge in [0.15, 0.2) is 21.9 Å². The number of hydrogen-bond donors (Lipinski definition) is 4. The van der Waals surface area contributed by atoms with E-state index in [9.17, 15) is 15.0 Å². The summed E-state index contributed by atoms with van der Waals surface area (Å²) in [5.74, 6) is 1.11. The fourth-order valence-corrected chi connectivity index (χ4v) is 5.86. The normalized spacial score (nSPS) is 17.1. The maximum Gasteiger partial charge on any atom is 0.354 e. The Bertz CT molecular complexity index is 1230. The minimum atomic E-state index is -1.60. The third kappa shape index (κ3) is 6.14. The molecule has 186 valence electrons. The van der Waals surface area contributed by atoms with E-state index in [1.54, 1.807) is 5.41 Å². The van der Waals surface area contributed by atoms with Gasteiger partial charge in [0.05, 0.1) is 16.3 Å². The van der Waals surface area contributed by atoms with E-state index in [2.05, 4.69) is 25.5 Å². The first-order valence-corrected chi connectivity index (χ1v) is 13.4. The molecule has 10 nitrogen and oxygen atoms in total. The Morgan fingerprint density at radius 2 is 2.06 bits per heavy atom. The maximum absolute atomic E-state index is 11.8. The number of amidine groups is 1. The van der Waals surface area contributed by atoms with Crippen molar-refractivity contribution in [3.05, 3.63) is 47.5 Å². The number of likely N-dealkylation sites (N-methyl/N-ethyl adjacent to an activating group) is 1.